The van der Waals surface area contributed by atoms with Gasteiger partial charge in [-0.25, -0.2) is 15.0 Å². The molecule has 0 aliphatic carbocycles. The van der Waals surface area contributed by atoms with E-state index in [1.54, 1.807) is 11.6 Å². The molecule has 3 aromatic rings. The zero-order valence-electron chi connectivity index (χ0n) is 17.4. The maximum atomic E-state index is 13.4. The molecule has 3 aromatic heterocycles. The van der Waals surface area contributed by atoms with Crippen molar-refractivity contribution in [3.05, 3.63) is 23.3 Å². The highest BCUT2D eigenvalue weighted by molar-refractivity contribution is 7.91. The lowest BCUT2D eigenvalue weighted by Crippen LogP contribution is -2.17. The van der Waals surface area contributed by atoms with Crippen molar-refractivity contribution in [3.8, 4) is 11.5 Å². The Labute approximate surface area is 175 Å². The van der Waals surface area contributed by atoms with Gasteiger partial charge in [0.2, 0.25) is 0 Å². The minimum atomic E-state index is -4.56. The Morgan fingerprint density at radius 1 is 1.20 bits per heavy atom. The SMILES string of the molecule is CC[S+]([O-])c1c(-c2nc3cc(C(F)(F)F)nc(C(C)C)c3n2C)nc2n1CCCC2. The van der Waals surface area contributed by atoms with E-state index in [1.807, 2.05) is 25.3 Å². The van der Waals surface area contributed by atoms with Crippen LogP contribution in [-0.2, 0) is 37.4 Å². The molecule has 0 fully saturated rings. The summed E-state index contributed by atoms with van der Waals surface area (Å²) in [6.07, 6.45) is -1.78. The Balaban J connectivity index is 2.00. The fraction of sp³-hybridized carbons (Fsp3) is 0.550. The Morgan fingerprint density at radius 3 is 2.57 bits per heavy atom. The van der Waals surface area contributed by atoms with Crippen LogP contribution in [0.4, 0.5) is 13.2 Å². The Morgan fingerprint density at radius 2 is 1.93 bits per heavy atom. The second-order valence-electron chi connectivity index (χ2n) is 7.83. The standard InChI is InChI=1S/C20H24F3N5OS/c1-5-30(29)19-16(26-14-8-6-7-9-28(14)19)18-24-12-10-13(20(21,22)23)25-15(11(2)3)17(12)27(18)4/h10-11H,5-9H2,1-4H3. The summed E-state index contributed by atoms with van der Waals surface area (Å²) in [5, 5.41) is 0.612. The number of hydrogen-bond acceptors (Lipinski definition) is 4. The van der Waals surface area contributed by atoms with Crippen LogP contribution >= 0.6 is 0 Å². The Hall–Kier alpha value is -2.07. The van der Waals surface area contributed by atoms with Gasteiger partial charge in [-0.05, 0) is 31.7 Å². The molecule has 1 aliphatic heterocycles. The van der Waals surface area contributed by atoms with Crippen LogP contribution < -0.4 is 0 Å². The van der Waals surface area contributed by atoms with Gasteiger partial charge >= 0.3 is 6.18 Å². The molecule has 6 nitrogen and oxygen atoms in total. The first-order valence-electron chi connectivity index (χ1n) is 10.1. The second-order valence-corrected chi connectivity index (χ2v) is 9.49. The molecule has 1 atom stereocenters. The zero-order chi connectivity index (χ0) is 21.8. The number of alkyl halides is 3. The van der Waals surface area contributed by atoms with Crippen molar-refractivity contribution in [1.29, 1.82) is 0 Å². The largest absolute Gasteiger partial charge is 0.610 e. The molecule has 0 saturated heterocycles. The third-order valence-electron chi connectivity index (χ3n) is 5.44. The topological polar surface area (TPSA) is 71.6 Å². The number of pyridine rings is 1. The molecule has 4 heterocycles. The predicted molar refractivity (Wildman–Crippen MR) is 109 cm³/mol. The third kappa shape index (κ3) is 3.39. The molecule has 1 aliphatic rings. The lowest BCUT2D eigenvalue weighted by molar-refractivity contribution is -0.141. The summed E-state index contributed by atoms with van der Waals surface area (Å²) >= 11 is -1.27. The number of halogens is 3. The van der Waals surface area contributed by atoms with Gasteiger partial charge < -0.3 is 9.12 Å². The lowest BCUT2D eigenvalue weighted by Gasteiger charge is -2.17. The van der Waals surface area contributed by atoms with Gasteiger partial charge in [0.1, 0.15) is 17.3 Å². The van der Waals surface area contributed by atoms with E-state index >= 15 is 0 Å². The summed E-state index contributed by atoms with van der Waals surface area (Å²) in [6.45, 7) is 6.20. The van der Waals surface area contributed by atoms with Gasteiger partial charge in [-0.3, -0.25) is 4.57 Å². The molecule has 0 radical (unpaired) electrons. The number of aromatic nitrogens is 5. The first kappa shape index (κ1) is 21.2. The van der Waals surface area contributed by atoms with Gasteiger partial charge in [0.25, 0.3) is 5.03 Å². The molecule has 162 valence electrons. The van der Waals surface area contributed by atoms with Crippen molar-refractivity contribution in [3.63, 3.8) is 0 Å². The van der Waals surface area contributed by atoms with E-state index in [9.17, 15) is 17.7 Å². The molecular formula is C20H24F3N5OS. The van der Waals surface area contributed by atoms with E-state index in [0.717, 1.165) is 37.7 Å². The second kappa shape index (κ2) is 7.56. The molecule has 10 heteroatoms. The minimum Gasteiger partial charge on any atom is -0.610 e. The fourth-order valence-electron chi connectivity index (χ4n) is 4.00. The fourth-order valence-corrected chi connectivity index (χ4v) is 5.07. The van der Waals surface area contributed by atoms with Crippen LogP contribution in [0.2, 0.25) is 0 Å². The van der Waals surface area contributed by atoms with Crippen LogP contribution in [0.5, 0.6) is 0 Å². The van der Waals surface area contributed by atoms with Gasteiger partial charge in [0.15, 0.2) is 11.5 Å². The van der Waals surface area contributed by atoms with Gasteiger partial charge in [-0.2, -0.15) is 13.2 Å². The highest BCUT2D eigenvalue weighted by atomic mass is 32.2. The molecule has 0 bridgehead atoms. The number of fused-ring (bicyclic) bond motifs is 2. The molecule has 30 heavy (non-hydrogen) atoms. The van der Waals surface area contributed by atoms with Crippen LogP contribution in [0, 0.1) is 0 Å². The van der Waals surface area contributed by atoms with Gasteiger partial charge in [0, 0.05) is 31.2 Å². The van der Waals surface area contributed by atoms with Crippen LogP contribution in [0.3, 0.4) is 0 Å². The average Bonchev–Trinajstić information content (AvgIpc) is 3.23. The Bertz CT molecular complexity index is 1100. The van der Waals surface area contributed by atoms with Crippen LogP contribution in [0.25, 0.3) is 22.6 Å². The highest BCUT2D eigenvalue weighted by Crippen LogP contribution is 2.37. The summed E-state index contributed by atoms with van der Waals surface area (Å²) in [4.78, 5) is 13.2. The molecule has 1 unspecified atom stereocenters. The van der Waals surface area contributed by atoms with Crippen molar-refractivity contribution in [2.45, 2.75) is 63.7 Å². The van der Waals surface area contributed by atoms with E-state index in [4.69, 9.17) is 4.98 Å². The van der Waals surface area contributed by atoms with Crippen molar-refractivity contribution < 1.29 is 17.7 Å². The minimum absolute atomic E-state index is 0.220. The molecule has 0 amide bonds. The quantitative estimate of drug-likeness (QED) is 0.564. The van der Waals surface area contributed by atoms with Gasteiger partial charge in [-0.1, -0.05) is 13.8 Å². The summed E-state index contributed by atoms with van der Waals surface area (Å²) in [7, 11) is 1.75. The zero-order valence-corrected chi connectivity index (χ0v) is 18.2. The molecule has 4 rings (SSSR count). The van der Waals surface area contributed by atoms with Crippen molar-refractivity contribution in [2.75, 3.05) is 5.75 Å². The summed E-state index contributed by atoms with van der Waals surface area (Å²) < 4.78 is 56.8. The average molecular weight is 440 g/mol. The van der Waals surface area contributed by atoms with E-state index in [1.165, 1.54) is 0 Å². The van der Waals surface area contributed by atoms with Gasteiger partial charge in [0.05, 0.1) is 16.7 Å². The number of rotatable bonds is 4. The normalized spacial score (nSPS) is 15.8. The summed E-state index contributed by atoms with van der Waals surface area (Å²) in [6, 6.07) is 0.983. The van der Waals surface area contributed by atoms with Crippen LogP contribution in [0.15, 0.2) is 11.1 Å². The van der Waals surface area contributed by atoms with Crippen molar-refractivity contribution >= 4 is 22.2 Å². The van der Waals surface area contributed by atoms with Crippen molar-refractivity contribution in [2.24, 2.45) is 7.05 Å². The first-order valence-corrected chi connectivity index (χ1v) is 11.4. The Kier molecular flexibility index (Phi) is 5.34. The maximum absolute atomic E-state index is 13.4. The lowest BCUT2D eigenvalue weighted by atomic mass is 10.1. The molecule has 0 aromatic carbocycles. The van der Waals surface area contributed by atoms with E-state index in [2.05, 4.69) is 9.97 Å². The predicted octanol–water partition coefficient (Wildman–Crippen LogP) is 4.44. The number of hydrogen-bond donors (Lipinski definition) is 0. The third-order valence-corrected chi connectivity index (χ3v) is 6.81. The monoisotopic (exact) mass is 439 g/mol. The summed E-state index contributed by atoms with van der Waals surface area (Å²) in [5.74, 6) is 1.49. The maximum Gasteiger partial charge on any atom is 0.433 e. The summed E-state index contributed by atoms with van der Waals surface area (Å²) in [5.41, 5.74) is 0.645. The van der Waals surface area contributed by atoms with Crippen LogP contribution in [-0.4, -0.2) is 34.4 Å². The number of aryl methyl sites for hydroxylation is 2. The van der Waals surface area contributed by atoms with Crippen molar-refractivity contribution in [1.82, 2.24) is 24.1 Å². The van der Waals surface area contributed by atoms with E-state index < -0.39 is 23.0 Å². The number of nitrogens with zero attached hydrogens (tertiary/aromatic N) is 5. The molecular weight excluding hydrogens is 415 g/mol. The van der Waals surface area contributed by atoms with E-state index in [0.29, 0.717) is 33.5 Å². The number of imidazole rings is 2. The smallest absolute Gasteiger partial charge is 0.433 e. The highest BCUT2D eigenvalue weighted by Gasteiger charge is 2.36. The van der Waals surface area contributed by atoms with Crippen LogP contribution in [0.1, 0.15) is 56.7 Å². The first-order chi connectivity index (χ1) is 14.1. The van der Waals surface area contributed by atoms with Gasteiger partial charge in [-0.15, -0.1) is 0 Å². The van der Waals surface area contributed by atoms with E-state index in [-0.39, 0.29) is 11.4 Å². The molecule has 0 saturated carbocycles. The molecule has 0 N–H and O–H groups in total. The molecule has 0 spiro atoms.